The Balaban J connectivity index is -0.000000709. The van der Waals surface area contributed by atoms with Gasteiger partial charge in [0.25, 0.3) is 0 Å². The van der Waals surface area contributed by atoms with Crippen molar-refractivity contribution >= 4 is 21.7 Å². The molecule has 0 rings (SSSR count). The molecular weight excluding hydrogens is 264 g/mol. The molecule has 0 heterocycles. The van der Waals surface area contributed by atoms with Gasteiger partial charge in [0, 0.05) is 13.2 Å². The van der Waals surface area contributed by atoms with Gasteiger partial charge in [0.2, 0.25) is 0 Å². The molecule has 0 N–H and O–H groups in total. The van der Waals surface area contributed by atoms with Gasteiger partial charge >= 0.3 is 26.8 Å². The van der Waals surface area contributed by atoms with E-state index >= 15 is 0 Å². The van der Waals surface area contributed by atoms with Gasteiger partial charge < -0.3 is 26.6 Å². The van der Waals surface area contributed by atoms with E-state index < -0.39 is 0 Å². The molecule has 0 fully saturated rings. The quantitative estimate of drug-likeness (QED) is 0.370. The number of ether oxygens (including phenoxy) is 3. The maximum Gasteiger partial charge on any atom is -1.00 e. The van der Waals surface area contributed by atoms with Gasteiger partial charge in [0.1, 0.15) is 0 Å². The van der Waals surface area contributed by atoms with E-state index in [2.05, 4.69) is 13.8 Å². The maximum atomic E-state index is 5.35. The third-order valence-corrected chi connectivity index (χ3v) is 2.03. The number of halogens is 1. The van der Waals surface area contributed by atoms with Crippen LogP contribution < -0.4 is 12.4 Å². The zero-order valence-electron chi connectivity index (χ0n) is 12.4. The second-order valence-corrected chi connectivity index (χ2v) is 3.54. The summed E-state index contributed by atoms with van der Waals surface area (Å²) in [5.74, 6) is 0. The normalized spacial score (nSPS) is 9.39. The van der Waals surface area contributed by atoms with E-state index in [1.54, 1.807) is 0 Å². The van der Waals surface area contributed by atoms with Crippen LogP contribution in [0.5, 0.6) is 0 Å². The summed E-state index contributed by atoms with van der Waals surface area (Å²) in [5.41, 5.74) is 0. The van der Waals surface area contributed by atoms with Gasteiger partial charge in [-0.3, -0.25) is 0 Å². The van der Waals surface area contributed by atoms with Crippen molar-refractivity contribution in [2.45, 2.75) is 44.6 Å². The van der Waals surface area contributed by atoms with Crippen molar-refractivity contribution in [3.63, 3.8) is 0 Å². The first-order valence-electron chi connectivity index (χ1n) is 6.85. The molecule has 0 amide bonds. The van der Waals surface area contributed by atoms with Crippen LogP contribution in [0, 0.1) is 0 Å². The molecular formula is C13H29ClMgO3. The van der Waals surface area contributed by atoms with Gasteiger partial charge in [-0.25, -0.2) is 0 Å². The van der Waals surface area contributed by atoms with Crippen molar-refractivity contribution in [2.75, 3.05) is 39.6 Å². The van der Waals surface area contributed by atoms with Crippen LogP contribution in [0.15, 0.2) is 0 Å². The van der Waals surface area contributed by atoms with Crippen molar-refractivity contribution in [1.82, 2.24) is 0 Å². The minimum absolute atomic E-state index is 0. The van der Waals surface area contributed by atoms with Gasteiger partial charge in [0.05, 0.1) is 26.4 Å². The average Bonchev–Trinajstić information content (AvgIpc) is 2.38. The minimum atomic E-state index is 0. The molecule has 0 aromatic heterocycles. The Morgan fingerprint density at radius 2 is 0.889 bits per heavy atom. The molecule has 0 atom stereocenters. The Hall–Kier alpha value is 0.936. The molecule has 5 heteroatoms. The summed E-state index contributed by atoms with van der Waals surface area (Å²) in [6.45, 7) is 8.80. The first kappa shape index (κ1) is 24.0. The molecule has 108 valence electrons. The number of hydrogen-bond donors (Lipinski definition) is 0. The van der Waals surface area contributed by atoms with Crippen LogP contribution in [-0.4, -0.2) is 61.4 Å². The zero-order chi connectivity index (χ0) is 13.2. The van der Waals surface area contributed by atoms with Crippen LogP contribution >= 0.6 is 0 Å². The molecule has 0 aliphatic rings. The second-order valence-electron chi connectivity index (χ2n) is 3.54. The van der Waals surface area contributed by atoms with Crippen molar-refractivity contribution < 1.29 is 26.6 Å². The van der Waals surface area contributed by atoms with Crippen molar-refractivity contribution in [2.24, 2.45) is 0 Å². The largest absolute Gasteiger partial charge is 1.00 e. The topological polar surface area (TPSA) is 27.7 Å². The van der Waals surface area contributed by atoms with Gasteiger partial charge in [-0.1, -0.05) is 26.7 Å². The Morgan fingerprint density at radius 3 is 1.17 bits per heavy atom. The Labute approximate surface area is 132 Å². The monoisotopic (exact) mass is 292 g/mol. The van der Waals surface area contributed by atoms with E-state index in [9.17, 15) is 0 Å². The molecule has 0 saturated heterocycles. The van der Waals surface area contributed by atoms with Crippen molar-refractivity contribution in [3.8, 4) is 0 Å². The van der Waals surface area contributed by atoms with E-state index in [1.165, 1.54) is 12.8 Å². The Bertz CT molecular complexity index is 106. The molecule has 0 spiro atoms. The fourth-order valence-electron chi connectivity index (χ4n) is 1.03. The third kappa shape index (κ3) is 25.7. The third-order valence-electron chi connectivity index (χ3n) is 2.03. The number of rotatable bonds is 12. The SMILES string of the molecule is CCCCOCCOCCOCCCC.[CH3][Mg+].[Cl-]. The summed E-state index contributed by atoms with van der Waals surface area (Å²) in [6, 6.07) is 0. The summed E-state index contributed by atoms with van der Waals surface area (Å²) in [7, 11) is 0. The molecule has 0 aliphatic heterocycles. The van der Waals surface area contributed by atoms with E-state index in [0.717, 1.165) is 26.1 Å². The molecule has 0 aromatic rings. The fraction of sp³-hybridized carbons (Fsp3) is 1.00. The molecule has 0 aromatic carbocycles. The maximum absolute atomic E-state index is 5.35. The summed E-state index contributed by atoms with van der Waals surface area (Å²) < 4.78 is 16.1. The van der Waals surface area contributed by atoms with Gasteiger partial charge in [0.15, 0.2) is 0 Å². The smallest absolute Gasteiger partial charge is 1.00 e. The first-order valence-corrected chi connectivity index (χ1v) is 8.27. The standard InChI is InChI=1S/C12H26O3.CH3.ClH.Mg/c1-3-5-7-13-9-11-15-12-10-14-8-6-4-2;;;/h3-12H2,1-2H3;1H3;1H;/q;;;+1/p-1. The summed E-state index contributed by atoms with van der Waals surface area (Å²) in [6.07, 6.45) is 4.65. The number of unbranched alkanes of at least 4 members (excludes halogenated alkanes) is 2. The molecule has 3 nitrogen and oxygen atoms in total. The molecule has 0 bridgehead atoms. The van der Waals surface area contributed by atoms with Crippen molar-refractivity contribution in [3.05, 3.63) is 0 Å². The molecule has 0 saturated carbocycles. The fourth-order valence-corrected chi connectivity index (χ4v) is 1.03. The van der Waals surface area contributed by atoms with Gasteiger partial charge in [-0.05, 0) is 12.8 Å². The molecule has 0 radical (unpaired) electrons. The van der Waals surface area contributed by atoms with Gasteiger partial charge in [-0.15, -0.1) is 0 Å². The summed E-state index contributed by atoms with van der Waals surface area (Å²) in [4.78, 5) is 0. The number of hydrogen-bond acceptors (Lipinski definition) is 3. The summed E-state index contributed by atoms with van der Waals surface area (Å²) in [5, 5.41) is 2.03. The molecule has 0 unspecified atom stereocenters. The van der Waals surface area contributed by atoms with Gasteiger partial charge in [-0.2, -0.15) is 0 Å². The van der Waals surface area contributed by atoms with Crippen LogP contribution in [0.3, 0.4) is 0 Å². The van der Waals surface area contributed by atoms with Crippen LogP contribution in [-0.2, 0) is 14.2 Å². The Morgan fingerprint density at radius 1 is 0.611 bits per heavy atom. The van der Waals surface area contributed by atoms with E-state index in [0.29, 0.717) is 26.4 Å². The van der Waals surface area contributed by atoms with Crippen LogP contribution in [0.4, 0.5) is 0 Å². The molecule has 0 aliphatic carbocycles. The Kier molecular flexibility index (Phi) is 35.3. The first-order chi connectivity index (χ1) is 8.41. The van der Waals surface area contributed by atoms with E-state index in [-0.39, 0.29) is 12.4 Å². The van der Waals surface area contributed by atoms with Crippen LogP contribution in [0.25, 0.3) is 0 Å². The predicted molar refractivity (Wildman–Crippen MR) is 73.9 cm³/mol. The predicted octanol–water partition coefficient (Wildman–Crippen LogP) is -0.157. The average molecular weight is 293 g/mol. The minimum Gasteiger partial charge on any atom is -1.00 e. The zero-order valence-corrected chi connectivity index (χ0v) is 14.6. The van der Waals surface area contributed by atoms with E-state index in [1.807, 2.05) is 26.8 Å². The van der Waals surface area contributed by atoms with E-state index in [4.69, 9.17) is 14.2 Å². The van der Waals surface area contributed by atoms with Crippen LogP contribution in [0.2, 0.25) is 5.05 Å². The second kappa shape index (κ2) is 26.5. The molecule has 18 heavy (non-hydrogen) atoms. The summed E-state index contributed by atoms with van der Waals surface area (Å²) >= 11 is 1.86. The van der Waals surface area contributed by atoms with Crippen LogP contribution in [0.1, 0.15) is 39.5 Å². The van der Waals surface area contributed by atoms with Crippen molar-refractivity contribution in [1.29, 1.82) is 0 Å².